The molecule has 1 aromatic carbocycles. The summed E-state index contributed by atoms with van der Waals surface area (Å²) >= 11 is 6.70. The number of hydrogen-bond donors (Lipinski definition) is 0. The van der Waals surface area contributed by atoms with Crippen molar-refractivity contribution in [1.29, 1.82) is 0 Å². The van der Waals surface area contributed by atoms with Gasteiger partial charge >= 0.3 is 0 Å². The van der Waals surface area contributed by atoms with Crippen molar-refractivity contribution in [2.24, 2.45) is 7.05 Å². The largest absolute Gasteiger partial charge is 0.494 e. The summed E-state index contributed by atoms with van der Waals surface area (Å²) in [6.07, 6.45) is 3.81. The van der Waals surface area contributed by atoms with Crippen LogP contribution in [-0.4, -0.2) is 21.4 Å². The Bertz CT molecular complexity index is 778. The van der Waals surface area contributed by atoms with Gasteiger partial charge in [-0.2, -0.15) is 0 Å². The van der Waals surface area contributed by atoms with Crippen molar-refractivity contribution >= 4 is 46.0 Å². The van der Waals surface area contributed by atoms with Gasteiger partial charge in [0.1, 0.15) is 5.75 Å². The van der Waals surface area contributed by atoms with E-state index in [9.17, 15) is 4.79 Å². The summed E-state index contributed by atoms with van der Waals surface area (Å²) in [4.78, 5) is 14.9. The molecule has 1 amide bonds. The Morgan fingerprint density at radius 1 is 1.26 bits per heavy atom. The number of ether oxygens (including phenoxy) is 1. The van der Waals surface area contributed by atoms with E-state index >= 15 is 0 Å². The third-order valence-corrected chi connectivity index (χ3v) is 4.76. The highest BCUT2D eigenvalue weighted by atomic mass is 32.2. The Morgan fingerprint density at radius 2 is 2.00 bits per heavy atom. The quantitative estimate of drug-likeness (QED) is 0.624. The lowest BCUT2D eigenvalue weighted by atomic mass is 10.2. The molecule has 23 heavy (non-hydrogen) atoms. The van der Waals surface area contributed by atoms with Gasteiger partial charge in [0.2, 0.25) is 0 Å². The average molecular weight is 344 g/mol. The van der Waals surface area contributed by atoms with Gasteiger partial charge < -0.3 is 9.30 Å². The number of amides is 1. The van der Waals surface area contributed by atoms with Gasteiger partial charge in [0.15, 0.2) is 4.32 Å². The molecule has 1 fully saturated rings. The monoisotopic (exact) mass is 344 g/mol. The first-order chi connectivity index (χ1) is 11.1. The number of thiocarbonyl (C=S) groups is 1. The first kappa shape index (κ1) is 15.8. The lowest BCUT2D eigenvalue weighted by molar-refractivity contribution is -0.113. The van der Waals surface area contributed by atoms with Crippen molar-refractivity contribution < 1.29 is 9.53 Å². The molecule has 118 valence electrons. The predicted molar refractivity (Wildman–Crippen MR) is 98.7 cm³/mol. The maximum Gasteiger partial charge on any atom is 0.270 e. The van der Waals surface area contributed by atoms with Gasteiger partial charge in [0.25, 0.3) is 5.91 Å². The Labute approximate surface area is 144 Å². The number of thioether (sulfide) groups is 1. The molecule has 0 spiro atoms. The van der Waals surface area contributed by atoms with Gasteiger partial charge in [0, 0.05) is 18.9 Å². The van der Waals surface area contributed by atoms with Crippen LogP contribution in [0.1, 0.15) is 12.6 Å². The van der Waals surface area contributed by atoms with E-state index in [-0.39, 0.29) is 5.91 Å². The molecule has 2 aromatic rings. The fourth-order valence-corrected chi connectivity index (χ4v) is 3.59. The van der Waals surface area contributed by atoms with Crippen LogP contribution in [0.15, 0.2) is 47.5 Å². The number of benzene rings is 1. The molecule has 0 radical (unpaired) electrons. The standard InChI is InChI=1S/C17H16N2O2S2/c1-3-21-14-8-6-12(7-9-14)19-16(20)15(23-17(19)22)11-13-5-4-10-18(13)2/h4-11H,3H2,1-2H3/b15-11-. The summed E-state index contributed by atoms with van der Waals surface area (Å²) in [5.74, 6) is 0.686. The SMILES string of the molecule is CCOc1ccc(N2C(=O)/C(=C/c3cccn3C)SC2=S)cc1. The minimum absolute atomic E-state index is 0.0923. The lowest BCUT2D eigenvalue weighted by Crippen LogP contribution is -2.27. The van der Waals surface area contributed by atoms with E-state index in [1.807, 2.05) is 67.2 Å². The number of aromatic nitrogens is 1. The highest BCUT2D eigenvalue weighted by molar-refractivity contribution is 8.27. The molecule has 0 aliphatic carbocycles. The first-order valence-electron chi connectivity index (χ1n) is 7.22. The number of carbonyl (C=O) groups is 1. The summed E-state index contributed by atoms with van der Waals surface area (Å²) in [5.41, 5.74) is 1.73. The van der Waals surface area contributed by atoms with Gasteiger partial charge in [0.05, 0.1) is 17.2 Å². The van der Waals surface area contributed by atoms with E-state index in [4.69, 9.17) is 17.0 Å². The second-order valence-electron chi connectivity index (χ2n) is 4.99. The number of aryl methyl sites for hydroxylation is 1. The summed E-state index contributed by atoms with van der Waals surface area (Å²) in [5, 5.41) is 0. The van der Waals surface area contributed by atoms with E-state index in [2.05, 4.69) is 0 Å². The molecular weight excluding hydrogens is 328 g/mol. The molecule has 0 bridgehead atoms. The minimum atomic E-state index is -0.0923. The zero-order chi connectivity index (χ0) is 16.4. The van der Waals surface area contributed by atoms with Gasteiger partial charge in [-0.1, -0.05) is 24.0 Å². The van der Waals surface area contributed by atoms with Crippen molar-refractivity contribution in [3.63, 3.8) is 0 Å². The topological polar surface area (TPSA) is 34.5 Å². The molecule has 1 aliphatic rings. The van der Waals surface area contributed by atoms with E-state index in [0.29, 0.717) is 15.8 Å². The summed E-state index contributed by atoms with van der Waals surface area (Å²) in [6, 6.07) is 11.3. The molecule has 4 nitrogen and oxygen atoms in total. The third kappa shape index (κ3) is 3.18. The fourth-order valence-electron chi connectivity index (χ4n) is 2.31. The molecule has 6 heteroatoms. The minimum Gasteiger partial charge on any atom is -0.494 e. The molecule has 1 aromatic heterocycles. The fraction of sp³-hybridized carbons (Fsp3) is 0.176. The molecule has 3 rings (SSSR count). The van der Waals surface area contributed by atoms with Gasteiger partial charge in [-0.15, -0.1) is 0 Å². The van der Waals surface area contributed by atoms with Gasteiger partial charge in [-0.3, -0.25) is 9.69 Å². The summed E-state index contributed by atoms with van der Waals surface area (Å²) < 4.78 is 7.93. The van der Waals surface area contributed by atoms with Gasteiger partial charge in [-0.05, 0) is 49.4 Å². The first-order valence-corrected chi connectivity index (χ1v) is 8.45. The maximum absolute atomic E-state index is 12.7. The van der Waals surface area contributed by atoms with Crippen LogP contribution in [0.3, 0.4) is 0 Å². The highest BCUT2D eigenvalue weighted by Crippen LogP contribution is 2.36. The summed E-state index contributed by atoms with van der Waals surface area (Å²) in [6.45, 7) is 2.55. The molecular formula is C17H16N2O2S2. The second kappa shape index (κ2) is 6.60. The van der Waals surface area contributed by atoms with Crippen LogP contribution in [0, 0.1) is 0 Å². The van der Waals surface area contributed by atoms with Crippen LogP contribution >= 0.6 is 24.0 Å². The van der Waals surface area contributed by atoms with Crippen molar-refractivity contribution in [3.05, 3.63) is 53.2 Å². The Kier molecular flexibility index (Phi) is 4.54. The lowest BCUT2D eigenvalue weighted by Gasteiger charge is -2.15. The van der Waals surface area contributed by atoms with E-state index in [1.54, 1.807) is 4.90 Å². The van der Waals surface area contributed by atoms with Gasteiger partial charge in [-0.25, -0.2) is 0 Å². The smallest absolute Gasteiger partial charge is 0.270 e. The zero-order valence-electron chi connectivity index (χ0n) is 12.9. The van der Waals surface area contributed by atoms with Crippen LogP contribution in [0.25, 0.3) is 6.08 Å². The molecule has 0 saturated carbocycles. The van der Waals surface area contributed by atoms with E-state index in [0.717, 1.165) is 17.1 Å². The number of nitrogens with zero attached hydrogens (tertiary/aromatic N) is 2. The highest BCUT2D eigenvalue weighted by Gasteiger charge is 2.33. The molecule has 1 aliphatic heterocycles. The van der Waals surface area contributed by atoms with Crippen molar-refractivity contribution in [2.45, 2.75) is 6.92 Å². The van der Waals surface area contributed by atoms with Crippen molar-refractivity contribution in [3.8, 4) is 5.75 Å². The average Bonchev–Trinajstić information content (AvgIpc) is 3.05. The van der Waals surface area contributed by atoms with Crippen LogP contribution in [0.2, 0.25) is 0 Å². The molecule has 0 N–H and O–H groups in total. The number of rotatable bonds is 4. The van der Waals surface area contributed by atoms with Crippen LogP contribution in [-0.2, 0) is 11.8 Å². The number of anilines is 1. The number of carbonyl (C=O) groups excluding carboxylic acids is 1. The van der Waals surface area contributed by atoms with Crippen LogP contribution < -0.4 is 9.64 Å². The molecule has 2 heterocycles. The van der Waals surface area contributed by atoms with E-state index in [1.165, 1.54) is 11.8 Å². The summed E-state index contributed by atoms with van der Waals surface area (Å²) in [7, 11) is 1.94. The van der Waals surface area contributed by atoms with Crippen molar-refractivity contribution in [2.75, 3.05) is 11.5 Å². The Balaban J connectivity index is 1.87. The normalized spacial score (nSPS) is 16.4. The predicted octanol–water partition coefficient (Wildman–Crippen LogP) is 3.83. The third-order valence-electron chi connectivity index (χ3n) is 3.46. The van der Waals surface area contributed by atoms with Crippen molar-refractivity contribution in [1.82, 2.24) is 4.57 Å². The Hall–Kier alpha value is -2.05. The van der Waals surface area contributed by atoms with Crippen LogP contribution in [0.5, 0.6) is 5.75 Å². The van der Waals surface area contributed by atoms with Crippen LogP contribution in [0.4, 0.5) is 5.69 Å². The van der Waals surface area contributed by atoms with E-state index < -0.39 is 0 Å². The number of hydrogen-bond acceptors (Lipinski definition) is 4. The molecule has 0 unspecified atom stereocenters. The maximum atomic E-state index is 12.7. The molecule has 1 saturated heterocycles. The second-order valence-corrected chi connectivity index (χ2v) is 6.66. The molecule has 0 atom stereocenters. The zero-order valence-corrected chi connectivity index (χ0v) is 14.5. The Morgan fingerprint density at radius 3 is 2.61 bits per heavy atom.